The molecule has 0 unspecified atom stereocenters. The maximum Gasteiger partial charge on any atom is 0.0942 e. The van der Waals surface area contributed by atoms with Crippen molar-refractivity contribution >= 4 is 38.7 Å². The number of hydrogen-bond donors (Lipinski definition) is 1. The zero-order valence-electron chi connectivity index (χ0n) is 7.88. The minimum absolute atomic E-state index is 0.813. The third kappa shape index (κ3) is 1.83. The Hall–Kier alpha value is -0.800. The summed E-state index contributed by atoms with van der Waals surface area (Å²) in [5.74, 6) is 0. The summed E-state index contributed by atoms with van der Waals surface area (Å²) in [6.45, 7) is 3.11. The topological polar surface area (TPSA) is 24.9 Å². The van der Waals surface area contributed by atoms with E-state index in [2.05, 4.69) is 17.2 Å². The van der Waals surface area contributed by atoms with Gasteiger partial charge in [-0.1, -0.05) is 18.5 Å². The fourth-order valence-electron chi connectivity index (χ4n) is 1.33. The molecule has 0 aliphatic heterocycles. The van der Waals surface area contributed by atoms with Crippen molar-refractivity contribution in [2.75, 3.05) is 11.9 Å². The van der Waals surface area contributed by atoms with Gasteiger partial charge in [0.15, 0.2) is 0 Å². The van der Waals surface area contributed by atoms with E-state index >= 15 is 0 Å². The number of halogens is 1. The normalized spacial score (nSPS) is 10.7. The molecule has 0 saturated heterocycles. The standard InChI is InChI=1S/C10H11ClN2S/c1-2-3-13-8-5-12-6-9-7(8)4-10(11)14-9/h4-6,13H,2-3H2,1H3. The van der Waals surface area contributed by atoms with Gasteiger partial charge in [0.05, 0.1) is 20.9 Å². The van der Waals surface area contributed by atoms with E-state index in [-0.39, 0.29) is 0 Å². The molecule has 0 amide bonds. The Labute approximate surface area is 91.9 Å². The van der Waals surface area contributed by atoms with Crippen molar-refractivity contribution in [2.45, 2.75) is 13.3 Å². The Bertz CT molecular complexity index is 439. The SMILES string of the molecule is CCCNc1cncc2sc(Cl)cc12. The summed E-state index contributed by atoms with van der Waals surface area (Å²) < 4.78 is 1.95. The second-order valence-electron chi connectivity index (χ2n) is 3.08. The predicted octanol–water partition coefficient (Wildman–Crippen LogP) is 3.77. The summed E-state index contributed by atoms with van der Waals surface area (Å²) in [6, 6.07) is 1.99. The van der Waals surface area contributed by atoms with Crippen molar-refractivity contribution in [2.24, 2.45) is 0 Å². The first-order valence-corrected chi connectivity index (χ1v) is 5.77. The zero-order valence-corrected chi connectivity index (χ0v) is 9.45. The number of nitrogens with zero attached hydrogens (tertiary/aromatic N) is 1. The molecule has 2 heterocycles. The summed E-state index contributed by atoms with van der Waals surface area (Å²) in [7, 11) is 0. The molecule has 0 fully saturated rings. The first-order chi connectivity index (χ1) is 6.81. The molecule has 0 radical (unpaired) electrons. The number of hydrogen-bond acceptors (Lipinski definition) is 3. The van der Waals surface area contributed by atoms with E-state index < -0.39 is 0 Å². The molecule has 0 aliphatic carbocycles. The minimum atomic E-state index is 0.813. The number of aromatic nitrogens is 1. The Kier molecular flexibility index (Phi) is 2.89. The Morgan fingerprint density at radius 3 is 3.14 bits per heavy atom. The van der Waals surface area contributed by atoms with Gasteiger partial charge in [-0.2, -0.15) is 0 Å². The molecule has 0 saturated carbocycles. The van der Waals surface area contributed by atoms with Crippen molar-refractivity contribution in [3.63, 3.8) is 0 Å². The fraction of sp³-hybridized carbons (Fsp3) is 0.300. The summed E-state index contributed by atoms with van der Waals surface area (Å²) in [4.78, 5) is 4.17. The molecular formula is C10H11ClN2S. The number of thiophene rings is 1. The lowest BCUT2D eigenvalue weighted by atomic mass is 10.3. The van der Waals surface area contributed by atoms with Crippen molar-refractivity contribution in [3.05, 3.63) is 22.8 Å². The Balaban J connectivity index is 2.42. The van der Waals surface area contributed by atoms with Crippen LogP contribution in [-0.2, 0) is 0 Å². The maximum absolute atomic E-state index is 5.95. The first-order valence-electron chi connectivity index (χ1n) is 4.58. The van der Waals surface area contributed by atoms with E-state index in [1.165, 1.54) is 5.39 Å². The van der Waals surface area contributed by atoms with Gasteiger partial charge in [-0.3, -0.25) is 4.98 Å². The maximum atomic E-state index is 5.95. The van der Waals surface area contributed by atoms with Gasteiger partial charge in [-0.25, -0.2) is 0 Å². The van der Waals surface area contributed by atoms with Gasteiger partial charge in [0.2, 0.25) is 0 Å². The molecule has 2 nitrogen and oxygen atoms in total. The minimum Gasteiger partial charge on any atom is -0.383 e. The fourth-order valence-corrected chi connectivity index (χ4v) is 2.47. The second-order valence-corrected chi connectivity index (χ2v) is 4.79. The zero-order chi connectivity index (χ0) is 9.97. The lowest BCUT2D eigenvalue weighted by molar-refractivity contribution is 0.980. The van der Waals surface area contributed by atoms with Crippen LogP contribution in [0.4, 0.5) is 5.69 Å². The van der Waals surface area contributed by atoms with E-state index in [4.69, 9.17) is 11.6 Å². The monoisotopic (exact) mass is 226 g/mol. The van der Waals surface area contributed by atoms with Gasteiger partial charge in [0, 0.05) is 18.1 Å². The van der Waals surface area contributed by atoms with Crippen LogP contribution in [0.3, 0.4) is 0 Å². The van der Waals surface area contributed by atoms with E-state index in [1.54, 1.807) is 11.3 Å². The van der Waals surface area contributed by atoms with Crippen molar-refractivity contribution in [3.8, 4) is 0 Å². The van der Waals surface area contributed by atoms with E-state index in [9.17, 15) is 0 Å². The van der Waals surface area contributed by atoms with Gasteiger partial charge < -0.3 is 5.32 Å². The number of rotatable bonds is 3. The molecular weight excluding hydrogens is 216 g/mol. The summed E-state index contributed by atoms with van der Waals surface area (Å²) in [5, 5.41) is 4.51. The molecule has 2 aromatic rings. The molecule has 0 aromatic carbocycles. The molecule has 2 aromatic heterocycles. The number of nitrogens with one attached hydrogen (secondary N) is 1. The largest absolute Gasteiger partial charge is 0.383 e. The smallest absolute Gasteiger partial charge is 0.0942 e. The van der Waals surface area contributed by atoms with Crippen LogP contribution in [-0.4, -0.2) is 11.5 Å². The van der Waals surface area contributed by atoms with E-state index in [0.717, 1.165) is 27.7 Å². The van der Waals surface area contributed by atoms with E-state index in [0.29, 0.717) is 0 Å². The average molecular weight is 227 g/mol. The Morgan fingerprint density at radius 2 is 2.36 bits per heavy atom. The molecule has 0 atom stereocenters. The van der Waals surface area contributed by atoms with Gasteiger partial charge in [-0.05, 0) is 12.5 Å². The highest BCUT2D eigenvalue weighted by atomic mass is 35.5. The quantitative estimate of drug-likeness (QED) is 0.862. The third-order valence-corrected chi connectivity index (χ3v) is 3.18. The predicted molar refractivity (Wildman–Crippen MR) is 63.4 cm³/mol. The first kappa shape index (κ1) is 9.74. The van der Waals surface area contributed by atoms with Gasteiger partial charge >= 0.3 is 0 Å². The van der Waals surface area contributed by atoms with Crippen LogP contribution in [0.25, 0.3) is 10.1 Å². The average Bonchev–Trinajstić information content (AvgIpc) is 2.55. The van der Waals surface area contributed by atoms with Gasteiger partial charge in [0.1, 0.15) is 0 Å². The molecule has 2 rings (SSSR count). The summed E-state index contributed by atoms with van der Waals surface area (Å²) >= 11 is 7.51. The Morgan fingerprint density at radius 1 is 1.50 bits per heavy atom. The molecule has 0 spiro atoms. The van der Waals surface area contributed by atoms with Crippen LogP contribution in [0.5, 0.6) is 0 Å². The van der Waals surface area contributed by atoms with Crippen LogP contribution in [0.2, 0.25) is 4.34 Å². The third-order valence-electron chi connectivity index (χ3n) is 1.98. The molecule has 0 aliphatic rings. The van der Waals surface area contributed by atoms with Crippen molar-refractivity contribution in [1.29, 1.82) is 0 Å². The lowest BCUT2D eigenvalue weighted by Gasteiger charge is -2.04. The van der Waals surface area contributed by atoms with Crippen LogP contribution in [0, 0.1) is 0 Å². The van der Waals surface area contributed by atoms with Crippen LogP contribution in [0.1, 0.15) is 13.3 Å². The highest BCUT2D eigenvalue weighted by Gasteiger charge is 2.04. The lowest BCUT2D eigenvalue weighted by Crippen LogP contribution is -1.99. The van der Waals surface area contributed by atoms with Crippen molar-refractivity contribution in [1.82, 2.24) is 4.98 Å². The van der Waals surface area contributed by atoms with Gasteiger partial charge in [0.25, 0.3) is 0 Å². The summed E-state index contributed by atoms with van der Waals surface area (Å²) in [5.41, 5.74) is 1.08. The molecule has 14 heavy (non-hydrogen) atoms. The van der Waals surface area contributed by atoms with Crippen LogP contribution in [0.15, 0.2) is 18.5 Å². The highest BCUT2D eigenvalue weighted by Crippen LogP contribution is 2.32. The van der Waals surface area contributed by atoms with Crippen LogP contribution >= 0.6 is 22.9 Å². The second kappa shape index (κ2) is 4.15. The number of fused-ring (bicyclic) bond motifs is 1. The van der Waals surface area contributed by atoms with Crippen molar-refractivity contribution < 1.29 is 0 Å². The number of anilines is 1. The molecule has 74 valence electrons. The summed E-state index contributed by atoms with van der Waals surface area (Å²) in [6.07, 6.45) is 4.80. The molecule has 1 N–H and O–H groups in total. The van der Waals surface area contributed by atoms with Crippen LogP contribution < -0.4 is 5.32 Å². The van der Waals surface area contributed by atoms with Gasteiger partial charge in [-0.15, -0.1) is 11.3 Å². The molecule has 4 heteroatoms. The van der Waals surface area contributed by atoms with E-state index in [1.807, 2.05) is 18.5 Å². The highest BCUT2D eigenvalue weighted by molar-refractivity contribution is 7.22. The number of pyridine rings is 1. The molecule has 0 bridgehead atoms.